The Bertz CT molecular complexity index is 356. The number of aromatic nitrogens is 2. The van der Waals surface area contributed by atoms with Crippen LogP contribution in [0.5, 0.6) is 0 Å². The second-order valence-corrected chi connectivity index (χ2v) is 3.69. The molecule has 1 aliphatic rings. The first-order chi connectivity index (χ1) is 7.22. The van der Waals surface area contributed by atoms with Crippen LogP contribution in [0, 0.1) is 5.82 Å². The summed E-state index contributed by atoms with van der Waals surface area (Å²) in [5.41, 5.74) is 2.32. The molecule has 3 N–H and O–H groups in total. The first kappa shape index (κ1) is 10.1. The summed E-state index contributed by atoms with van der Waals surface area (Å²) >= 11 is 0. The van der Waals surface area contributed by atoms with E-state index in [0.717, 1.165) is 25.6 Å². The summed E-state index contributed by atoms with van der Waals surface area (Å²) < 4.78 is 13.5. The Morgan fingerprint density at radius 3 is 3.07 bits per heavy atom. The summed E-state index contributed by atoms with van der Waals surface area (Å²) in [6.45, 7) is 2.89. The van der Waals surface area contributed by atoms with Crippen LogP contribution in [0.25, 0.3) is 0 Å². The number of hydrogen-bond donors (Lipinski definition) is 2. The fourth-order valence-electron chi connectivity index (χ4n) is 1.88. The number of hydrogen-bond acceptors (Lipinski definition) is 5. The second kappa shape index (κ2) is 3.98. The molecule has 0 aliphatic carbocycles. The van der Waals surface area contributed by atoms with Crippen LogP contribution in [-0.2, 0) is 0 Å². The zero-order valence-electron chi connectivity index (χ0n) is 8.57. The molecule has 0 bridgehead atoms. The monoisotopic (exact) mass is 211 g/mol. The lowest BCUT2D eigenvalue weighted by Gasteiger charge is -2.22. The molecular weight excluding hydrogens is 197 g/mol. The summed E-state index contributed by atoms with van der Waals surface area (Å²) in [4.78, 5) is 9.67. The largest absolute Gasteiger partial charge is 0.351 e. The van der Waals surface area contributed by atoms with Gasteiger partial charge in [-0.2, -0.15) is 4.98 Å². The summed E-state index contributed by atoms with van der Waals surface area (Å²) in [6, 6.07) is 0.319. The summed E-state index contributed by atoms with van der Waals surface area (Å²) in [7, 11) is 0. The van der Waals surface area contributed by atoms with Crippen molar-refractivity contribution in [2.45, 2.75) is 25.8 Å². The molecule has 1 unspecified atom stereocenters. The summed E-state index contributed by atoms with van der Waals surface area (Å²) in [6.07, 6.45) is 3.27. The second-order valence-electron chi connectivity index (χ2n) is 3.69. The minimum absolute atomic E-state index is 0.241. The normalized spacial score (nSPS) is 20.7. The Morgan fingerprint density at radius 2 is 2.47 bits per heavy atom. The van der Waals surface area contributed by atoms with Crippen LogP contribution in [0.3, 0.4) is 0 Å². The molecule has 1 aliphatic heterocycles. The predicted molar refractivity (Wildman–Crippen MR) is 55.8 cm³/mol. The molecule has 1 aromatic rings. The maximum Gasteiger partial charge on any atom is 0.239 e. The zero-order chi connectivity index (χ0) is 10.8. The van der Waals surface area contributed by atoms with Gasteiger partial charge in [0.2, 0.25) is 5.95 Å². The van der Waals surface area contributed by atoms with E-state index in [2.05, 4.69) is 22.3 Å². The summed E-state index contributed by atoms with van der Waals surface area (Å²) in [5.74, 6) is 5.36. The molecule has 82 valence electrons. The van der Waals surface area contributed by atoms with Crippen molar-refractivity contribution in [1.29, 1.82) is 0 Å². The molecule has 0 radical (unpaired) electrons. The average molecular weight is 211 g/mol. The van der Waals surface area contributed by atoms with Crippen molar-refractivity contribution < 1.29 is 4.39 Å². The van der Waals surface area contributed by atoms with E-state index in [0.29, 0.717) is 11.9 Å². The molecular formula is C9H14FN5. The fraction of sp³-hybridized carbons (Fsp3) is 0.556. The molecule has 2 heterocycles. The van der Waals surface area contributed by atoms with Gasteiger partial charge in [0.05, 0.1) is 6.20 Å². The molecule has 0 spiro atoms. The average Bonchev–Trinajstić information content (AvgIpc) is 2.65. The van der Waals surface area contributed by atoms with Gasteiger partial charge in [-0.05, 0) is 19.8 Å². The van der Waals surface area contributed by atoms with Gasteiger partial charge in [0.1, 0.15) is 0 Å². The zero-order valence-corrected chi connectivity index (χ0v) is 8.57. The van der Waals surface area contributed by atoms with Gasteiger partial charge in [0.15, 0.2) is 11.6 Å². The van der Waals surface area contributed by atoms with Crippen LogP contribution in [0.4, 0.5) is 16.2 Å². The fourth-order valence-corrected chi connectivity index (χ4v) is 1.88. The molecule has 1 fully saturated rings. The van der Waals surface area contributed by atoms with Crippen molar-refractivity contribution in [3.8, 4) is 0 Å². The first-order valence-corrected chi connectivity index (χ1v) is 4.98. The third-order valence-corrected chi connectivity index (χ3v) is 2.68. The van der Waals surface area contributed by atoms with Gasteiger partial charge in [-0.3, -0.25) is 5.43 Å². The van der Waals surface area contributed by atoms with Crippen molar-refractivity contribution in [2.75, 3.05) is 16.9 Å². The van der Waals surface area contributed by atoms with Crippen molar-refractivity contribution in [3.05, 3.63) is 12.0 Å². The maximum absolute atomic E-state index is 13.5. The topological polar surface area (TPSA) is 67.1 Å². The van der Waals surface area contributed by atoms with Crippen LogP contribution in [0.2, 0.25) is 0 Å². The van der Waals surface area contributed by atoms with Crippen LogP contribution < -0.4 is 16.2 Å². The smallest absolute Gasteiger partial charge is 0.239 e. The molecule has 0 amide bonds. The Kier molecular flexibility index (Phi) is 2.68. The van der Waals surface area contributed by atoms with Gasteiger partial charge < -0.3 is 4.90 Å². The molecule has 6 heteroatoms. The van der Waals surface area contributed by atoms with Gasteiger partial charge in [0, 0.05) is 12.6 Å². The number of anilines is 2. The van der Waals surface area contributed by atoms with Crippen molar-refractivity contribution in [2.24, 2.45) is 5.84 Å². The molecule has 0 aromatic carbocycles. The Hall–Kier alpha value is -1.43. The van der Waals surface area contributed by atoms with E-state index in [1.807, 2.05) is 4.90 Å². The Balaban J connectivity index is 2.33. The summed E-state index contributed by atoms with van der Waals surface area (Å²) in [5, 5.41) is 0. The number of rotatable bonds is 2. The van der Waals surface area contributed by atoms with E-state index in [1.54, 1.807) is 0 Å². The molecule has 15 heavy (non-hydrogen) atoms. The van der Waals surface area contributed by atoms with Crippen LogP contribution >= 0.6 is 0 Å². The molecule has 1 aromatic heterocycles. The minimum atomic E-state index is -0.400. The highest BCUT2D eigenvalue weighted by molar-refractivity contribution is 5.45. The van der Waals surface area contributed by atoms with Crippen molar-refractivity contribution >= 4 is 11.8 Å². The van der Waals surface area contributed by atoms with Crippen LogP contribution in [0.1, 0.15) is 19.8 Å². The lowest BCUT2D eigenvalue weighted by Crippen LogP contribution is -2.28. The van der Waals surface area contributed by atoms with Gasteiger partial charge in [0.25, 0.3) is 0 Å². The number of halogens is 1. The van der Waals surface area contributed by atoms with E-state index in [1.165, 1.54) is 0 Å². The third kappa shape index (κ3) is 1.85. The first-order valence-electron chi connectivity index (χ1n) is 4.98. The minimum Gasteiger partial charge on any atom is -0.351 e. The lowest BCUT2D eigenvalue weighted by molar-refractivity contribution is 0.598. The predicted octanol–water partition coefficient (Wildman–Crippen LogP) is 0.890. The van der Waals surface area contributed by atoms with Crippen LogP contribution in [-0.4, -0.2) is 22.6 Å². The van der Waals surface area contributed by atoms with E-state index in [4.69, 9.17) is 5.84 Å². The highest BCUT2D eigenvalue weighted by Gasteiger charge is 2.24. The number of nitrogens with one attached hydrogen (secondary N) is 1. The number of hydrazine groups is 1. The number of nitrogens with zero attached hydrogens (tertiary/aromatic N) is 3. The van der Waals surface area contributed by atoms with Gasteiger partial charge in [-0.15, -0.1) is 0 Å². The van der Waals surface area contributed by atoms with Gasteiger partial charge >= 0.3 is 0 Å². The molecule has 1 atom stereocenters. The standard InChI is InChI=1S/C9H14FN5/c1-6-3-2-4-15(6)8-7(10)5-12-9(13-8)14-11/h5-6H,2-4,11H2,1H3,(H,12,13,14). The molecule has 0 saturated carbocycles. The van der Waals surface area contributed by atoms with Crippen molar-refractivity contribution in [1.82, 2.24) is 9.97 Å². The van der Waals surface area contributed by atoms with E-state index in [-0.39, 0.29) is 5.95 Å². The third-order valence-electron chi connectivity index (χ3n) is 2.68. The van der Waals surface area contributed by atoms with Gasteiger partial charge in [-0.1, -0.05) is 0 Å². The Labute approximate surface area is 87.5 Å². The Morgan fingerprint density at radius 1 is 1.67 bits per heavy atom. The number of nitrogens with two attached hydrogens (primary N) is 1. The lowest BCUT2D eigenvalue weighted by atomic mass is 10.2. The van der Waals surface area contributed by atoms with Gasteiger partial charge in [-0.25, -0.2) is 15.2 Å². The van der Waals surface area contributed by atoms with Crippen molar-refractivity contribution in [3.63, 3.8) is 0 Å². The molecule has 2 rings (SSSR count). The van der Waals surface area contributed by atoms with E-state index >= 15 is 0 Å². The highest BCUT2D eigenvalue weighted by Crippen LogP contribution is 2.25. The van der Waals surface area contributed by atoms with Crippen LogP contribution in [0.15, 0.2) is 6.20 Å². The molecule has 1 saturated heterocycles. The highest BCUT2D eigenvalue weighted by atomic mass is 19.1. The maximum atomic E-state index is 13.5. The van der Waals surface area contributed by atoms with E-state index < -0.39 is 5.82 Å². The van der Waals surface area contributed by atoms with E-state index in [9.17, 15) is 4.39 Å². The molecule has 5 nitrogen and oxygen atoms in total. The number of nitrogen functional groups attached to an aromatic ring is 1. The quantitative estimate of drug-likeness (QED) is 0.561. The SMILES string of the molecule is CC1CCCN1c1nc(NN)ncc1F.